The molecule has 1 nitrogen and oxygen atoms in total. The van der Waals surface area contributed by atoms with Crippen LogP contribution in [-0.2, 0) is 4.79 Å². The molecule has 0 aromatic heterocycles. The van der Waals surface area contributed by atoms with Crippen LogP contribution >= 0.6 is 0 Å². The summed E-state index contributed by atoms with van der Waals surface area (Å²) in [6.45, 7) is 4.42. The zero-order valence-corrected chi connectivity index (χ0v) is 8.34. The lowest BCUT2D eigenvalue weighted by Crippen LogP contribution is -2.34. The Bertz CT molecular complexity index is 298. The molecule has 0 N–H and O–H groups in total. The van der Waals surface area contributed by atoms with E-state index in [1.165, 1.54) is 5.57 Å². The van der Waals surface area contributed by atoms with Crippen molar-refractivity contribution in [3.05, 3.63) is 23.8 Å². The molecule has 0 saturated carbocycles. The third-order valence-corrected chi connectivity index (χ3v) is 3.39. The van der Waals surface area contributed by atoms with Gasteiger partial charge in [0.15, 0.2) is 5.78 Å². The Labute approximate surface area is 79.5 Å². The van der Waals surface area contributed by atoms with Gasteiger partial charge in [0.1, 0.15) is 0 Å². The lowest BCUT2D eigenvalue weighted by atomic mass is 9.63. The van der Waals surface area contributed by atoms with E-state index in [0.717, 1.165) is 19.3 Å². The van der Waals surface area contributed by atoms with Gasteiger partial charge >= 0.3 is 0 Å². The van der Waals surface area contributed by atoms with Crippen molar-refractivity contribution in [1.82, 2.24) is 0 Å². The highest BCUT2D eigenvalue weighted by Crippen LogP contribution is 2.46. The standard InChI is InChI=1S/C12H16O/c1-9-3-4-10-5-6-11(13)8-12(10,2)7-9/h3,5-6,10H,4,7-8H2,1-2H3/t10-,12+/m1/s1. The van der Waals surface area contributed by atoms with E-state index in [2.05, 4.69) is 26.0 Å². The first-order chi connectivity index (χ1) is 6.10. The van der Waals surface area contributed by atoms with E-state index in [9.17, 15) is 4.79 Å². The molecule has 0 heterocycles. The summed E-state index contributed by atoms with van der Waals surface area (Å²) in [4.78, 5) is 11.3. The van der Waals surface area contributed by atoms with Gasteiger partial charge in [-0.15, -0.1) is 0 Å². The number of carbonyl (C=O) groups is 1. The summed E-state index contributed by atoms with van der Waals surface area (Å²) in [6.07, 6.45) is 9.13. The number of rotatable bonds is 0. The van der Waals surface area contributed by atoms with E-state index in [-0.39, 0.29) is 5.41 Å². The molecule has 70 valence electrons. The zero-order chi connectivity index (χ0) is 9.47. The molecule has 2 rings (SSSR count). The minimum absolute atomic E-state index is 0.213. The first kappa shape index (κ1) is 8.74. The smallest absolute Gasteiger partial charge is 0.155 e. The quantitative estimate of drug-likeness (QED) is 0.519. The molecule has 1 heteroatoms. The molecular weight excluding hydrogens is 160 g/mol. The maximum absolute atomic E-state index is 11.3. The van der Waals surface area contributed by atoms with Crippen molar-refractivity contribution in [2.75, 3.05) is 0 Å². The third-order valence-electron chi connectivity index (χ3n) is 3.39. The molecule has 0 radical (unpaired) electrons. The van der Waals surface area contributed by atoms with Crippen molar-refractivity contribution in [3.63, 3.8) is 0 Å². The van der Waals surface area contributed by atoms with Crippen LogP contribution in [0.3, 0.4) is 0 Å². The fourth-order valence-corrected chi connectivity index (χ4v) is 2.64. The Morgan fingerprint density at radius 2 is 2.23 bits per heavy atom. The lowest BCUT2D eigenvalue weighted by molar-refractivity contribution is -0.118. The first-order valence-electron chi connectivity index (χ1n) is 4.97. The second-order valence-corrected chi connectivity index (χ2v) is 4.73. The third kappa shape index (κ3) is 1.48. The van der Waals surface area contributed by atoms with Crippen molar-refractivity contribution >= 4 is 5.78 Å². The highest BCUT2D eigenvalue weighted by molar-refractivity contribution is 5.91. The molecule has 0 aromatic rings. The topological polar surface area (TPSA) is 17.1 Å². The second kappa shape index (κ2) is 2.83. The van der Waals surface area contributed by atoms with E-state index >= 15 is 0 Å². The largest absolute Gasteiger partial charge is 0.295 e. The lowest BCUT2D eigenvalue weighted by Gasteiger charge is -2.40. The molecule has 0 aromatic carbocycles. The van der Waals surface area contributed by atoms with Crippen LogP contribution in [0, 0.1) is 11.3 Å². The van der Waals surface area contributed by atoms with Crippen LogP contribution in [0.2, 0.25) is 0 Å². The molecule has 0 bridgehead atoms. The average molecular weight is 176 g/mol. The Hall–Kier alpha value is -0.850. The minimum Gasteiger partial charge on any atom is -0.295 e. The van der Waals surface area contributed by atoms with Crippen LogP contribution in [-0.4, -0.2) is 5.78 Å². The molecule has 13 heavy (non-hydrogen) atoms. The fourth-order valence-electron chi connectivity index (χ4n) is 2.64. The van der Waals surface area contributed by atoms with Crippen LogP contribution in [0.4, 0.5) is 0 Å². The first-order valence-corrected chi connectivity index (χ1v) is 4.97. The second-order valence-electron chi connectivity index (χ2n) is 4.73. The number of carbonyl (C=O) groups excluding carboxylic acids is 1. The number of fused-ring (bicyclic) bond motifs is 1. The summed E-state index contributed by atoms with van der Waals surface area (Å²) in [5.74, 6) is 0.891. The predicted molar refractivity (Wildman–Crippen MR) is 53.4 cm³/mol. The molecule has 0 amide bonds. The van der Waals surface area contributed by atoms with E-state index in [1.807, 2.05) is 0 Å². The number of allylic oxidation sites excluding steroid dienone is 4. The average Bonchev–Trinajstić information content (AvgIpc) is 2.01. The van der Waals surface area contributed by atoms with Crippen molar-refractivity contribution in [2.45, 2.75) is 33.1 Å². The van der Waals surface area contributed by atoms with Gasteiger partial charge in [0.25, 0.3) is 0 Å². The summed E-state index contributed by atoms with van der Waals surface area (Å²) in [5.41, 5.74) is 1.66. The van der Waals surface area contributed by atoms with E-state index in [0.29, 0.717) is 11.7 Å². The molecule has 0 fully saturated rings. The Kier molecular flexibility index (Phi) is 1.90. The van der Waals surface area contributed by atoms with Crippen LogP contribution in [0.5, 0.6) is 0 Å². The van der Waals surface area contributed by atoms with Gasteiger partial charge in [-0.05, 0) is 37.2 Å². The Morgan fingerprint density at radius 1 is 1.46 bits per heavy atom. The molecule has 0 spiro atoms. The number of ketones is 1. The van der Waals surface area contributed by atoms with Gasteiger partial charge in [0.2, 0.25) is 0 Å². The molecule has 0 unspecified atom stereocenters. The van der Waals surface area contributed by atoms with Crippen LogP contribution < -0.4 is 0 Å². The molecule has 0 saturated heterocycles. The van der Waals surface area contributed by atoms with Gasteiger partial charge in [0, 0.05) is 6.42 Å². The predicted octanol–water partition coefficient (Wildman–Crippen LogP) is 2.88. The monoisotopic (exact) mass is 176 g/mol. The van der Waals surface area contributed by atoms with Crippen molar-refractivity contribution < 1.29 is 4.79 Å². The summed E-state index contributed by atoms with van der Waals surface area (Å²) >= 11 is 0. The van der Waals surface area contributed by atoms with Gasteiger partial charge < -0.3 is 0 Å². The van der Waals surface area contributed by atoms with E-state index in [1.54, 1.807) is 6.08 Å². The van der Waals surface area contributed by atoms with Crippen LogP contribution in [0.15, 0.2) is 23.8 Å². The number of hydrogen-bond acceptors (Lipinski definition) is 1. The summed E-state index contributed by atoms with van der Waals surface area (Å²) in [5, 5.41) is 0. The van der Waals surface area contributed by atoms with Gasteiger partial charge in [-0.2, -0.15) is 0 Å². The molecular formula is C12H16O. The Balaban J connectivity index is 2.30. The maximum atomic E-state index is 11.3. The zero-order valence-electron chi connectivity index (χ0n) is 8.34. The number of hydrogen-bond donors (Lipinski definition) is 0. The molecule has 2 atom stereocenters. The maximum Gasteiger partial charge on any atom is 0.155 e. The van der Waals surface area contributed by atoms with Gasteiger partial charge in [-0.25, -0.2) is 0 Å². The van der Waals surface area contributed by atoms with Crippen LogP contribution in [0.25, 0.3) is 0 Å². The van der Waals surface area contributed by atoms with Gasteiger partial charge in [0.05, 0.1) is 0 Å². The van der Waals surface area contributed by atoms with Crippen molar-refractivity contribution in [1.29, 1.82) is 0 Å². The van der Waals surface area contributed by atoms with Gasteiger partial charge in [-0.3, -0.25) is 4.79 Å². The Morgan fingerprint density at radius 3 is 3.00 bits per heavy atom. The van der Waals surface area contributed by atoms with Crippen molar-refractivity contribution in [3.8, 4) is 0 Å². The van der Waals surface area contributed by atoms with E-state index < -0.39 is 0 Å². The van der Waals surface area contributed by atoms with Gasteiger partial charge in [-0.1, -0.05) is 24.6 Å². The minimum atomic E-state index is 0.213. The SMILES string of the molecule is CC1=CC[C@@H]2C=CC(=O)C[C@]2(C)C1. The molecule has 2 aliphatic rings. The molecule has 2 aliphatic carbocycles. The van der Waals surface area contributed by atoms with Crippen LogP contribution in [0.1, 0.15) is 33.1 Å². The molecule has 0 aliphatic heterocycles. The fraction of sp³-hybridized carbons (Fsp3) is 0.583. The summed E-state index contributed by atoms with van der Waals surface area (Å²) in [7, 11) is 0. The highest BCUT2D eigenvalue weighted by atomic mass is 16.1. The highest BCUT2D eigenvalue weighted by Gasteiger charge is 2.38. The summed E-state index contributed by atoms with van der Waals surface area (Å²) < 4.78 is 0. The van der Waals surface area contributed by atoms with Crippen molar-refractivity contribution in [2.24, 2.45) is 11.3 Å². The summed E-state index contributed by atoms with van der Waals surface area (Å²) in [6, 6.07) is 0. The van der Waals surface area contributed by atoms with E-state index in [4.69, 9.17) is 0 Å². The normalized spacial score (nSPS) is 38.5.